The number of benzene rings is 2. The maximum atomic E-state index is 10.8. The van der Waals surface area contributed by atoms with Crippen molar-refractivity contribution in [3.05, 3.63) is 77.0 Å². The van der Waals surface area contributed by atoms with Crippen LogP contribution in [-0.2, 0) is 0 Å². The maximum Gasteiger partial charge on any atom is 0.269 e. The summed E-state index contributed by atoms with van der Waals surface area (Å²) in [5.74, 6) is 1.29. The molecule has 3 rings (SSSR count). The van der Waals surface area contributed by atoms with Gasteiger partial charge in [-0.1, -0.05) is 24.0 Å². The van der Waals surface area contributed by atoms with Crippen LogP contribution in [0, 0.1) is 10.1 Å². The lowest BCUT2D eigenvalue weighted by Gasteiger charge is -2.11. The van der Waals surface area contributed by atoms with Gasteiger partial charge in [-0.25, -0.2) is 9.98 Å². The highest BCUT2D eigenvalue weighted by molar-refractivity contribution is 7.18. The molecule has 1 aromatic heterocycles. The second-order valence-corrected chi connectivity index (χ2v) is 6.82. The van der Waals surface area contributed by atoms with E-state index < -0.39 is 4.92 Å². The molecule has 0 bridgehead atoms. The number of aromatic nitrogens is 1. The Morgan fingerprint density at radius 2 is 2.00 bits per heavy atom. The number of thiazole rings is 1. The van der Waals surface area contributed by atoms with Crippen LogP contribution in [0.25, 0.3) is 10.4 Å². The standard InChI is InChI=1S/C21H19N3O4S/c1-3-11-28-18-10-5-15(12-19(18)27-4-2)13-22-21-23-14-20(29-21)16-6-8-17(9-7-16)24(25)26/h3,5-10,12-14H,1,4,11H2,2H3/b22-13+. The van der Waals surface area contributed by atoms with E-state index >= 15 is 0 Å². The first kappa shape index (κ1) is 20.2. The van der Waals surface area contributed by atoms with Crippen LogP contribution < -0.4 is 9.47 Å². The highest BCUT2D eigenvalue weighted by Crippen LogP contribution is 2.32. The van der Waals surface area contributed by atoms with E-state index in [1.165, 1.54) is 23.5 Å². The maximum absolute atomic E-state index is 10.8. The Bertz CT molecular complexity index is 1030. The zero-order valence-corrected chi connectivity index (χ0v) is 16.6. The average molecular weight is 409 g/mol. The summed E-state index contributed by atoms with van der Waals surface area (Å²) in [5, 5.41) is 11.4. The number of rotatable bonds is 9. The van der Waals surface area contributed by atoms with Gasteiger partial charge in [0, 0.05) is 24.5 Å². The highest BCUT2D eigenvalue weighted by Gasteiger charge is 2.08. The van der Waals surface area contributed by atoms with Gasteiger partial charge in [0.05, 0.1) is 16.4 Å². The van der Waals surface area contributed by atoms with E-state index in [2.05, 4.69) is 16.6 Å². The number of hydrogen-bond donors (Lipinski definition) is 0. The third kappa shape index (κ3) is 5.26. The minimum Gasteiger partial charge on any atom is -0.490 e. The fraction of sp³-hybridized carbons (Fsp3) is 0.143. The van der Waals surface area contributed by atoms with E-state index in [1.807, 2.05) is 25.1 Å². The van der Waals surface area contributed by atoms with Gasteiger partial charge >= 0.3 is 0 Å². The minimum atomic E-state index is -0.420. The van der Waals surface area contributed by atoms with Gasteiger partial charge in [0.25, 0.3) is 5.69 Å². The third-order valence-electron chi connectivity index (χ3n) is 3.80. The fourth-order valence-electron chi connectivity index (χ4n) is 2.48. The van der Waals surface area contributed by atoms with Crippen molar-refractivity contribution in [1.82, 2.24) is 4.98 Å². The first-order valence-electron chi connectivity index (χ1n) is 8.86. The van der Waals surface area contributed by atoms with Crippen molar-refractivity contribution in [3.63, 3.8) is 0 Å². The summed E-state index contributed by atoms with van der Waals surface area (Å²) in [5.41, 5.74) is 1.77. The smallest absolute Gasteiger partial charge is 0.269 e. The molecule has 7 nitrogen and oxygen atoms in total. The van der Waals surface area contributed by atoms with E-state index in [0.717, 1.165) is 16.0 Å². The summed E-state index contributed by atoms with van der Waals surface area (Å²) in [4.78, 5) is 20.0. The van der Waals surface area contributed by atoms with Crippen LogP contribution in [0.3, 0.4) is 0 Å². The molecule has 148 valence electrons. The van der Waals surface area contributed by atoms with Crippen molar-refractivity contribution in [3.8, 4) is 21.9 Å². The molecule has 1 heterocycles. The summed E-state index contributed by atoms with van der Waals surface area (Å²) < 4.78 is 11.2. The Labute approximate surface area is 172 Å². The summed E-state index contributed by atoms with van der Waals surface area (Å²) in [6.07, 6.45) is 5.09. The molecule has 0 unspecified atom stereocenters. The molecule has 0 spiro atoms. The fourth-order valence-corrected chi connectivity index (χ4v) is 3.24. The Hall–Kier alpha value is -3.52. The van der Waals surface area contributed by atoms with Crippen LogP contribution in [0.2, 0.25) is 0 Å². The van der Waals surface area contributed by atoms with Crippen LogP contribution in [0.5, 0.6) is 11.5 Å². The van der Waals surface area contributed by atoms with Gasteiger partial charge in [-0.05, 0) is 48.4 Å². The number of nitro benzene ring substituents is 1. The Kier molecular flexibility index (Phi) is 6.70. The topological polar surface area (TPSA) is 86.9 Å². The largest absolute Gasteiger partial charge is 0.490 e. The van der Waals surface area contributed by atoms with Crippen LogP contribution in [0.4, 0.5) is 10.8 Å². The van der Waals surface area contributed by atoms with Crippen molar-refractivity contribution in [1.29, 1.82) is 0 Å². The normalized spacial score (nSPS) is 10.8. The highest BCUT2D eigenvalue weighted by atomic mass is 32.1. The number of nitrogens with zero attached hydrogens (tertiary/aromatic N) is 3. The molecular formula is C21H19N3O4S. The Morgan fingerprint density at radius 3 is 2.69 bits per heavy atom. The predicted molar refractivity (Wildman–Crippen MR) is 115 cm³/mol. The number of aliphatic imine (C=N–C) groups is 1. The molecule has 0 saturated heterocycles. The van der Waals surface area contributed by atoms with Gasteiger partial charge in [-0.2, -0.15) is 0 Å². The molecule has 29 heavy (non-hydrogen) atoms. The predicted octanol–water partition coefficient (Wildman–Crippen LogP) is 5.43. The molecule has 3 aromatic rings. The lowest BCUT2D eigenvalue weighted by molar-refractivity contribution is -0.384. The zero-order chi connectivity index (χ0) is 20.6. The first-order chi connectivity index (χ1) is 14.1. The molecule has 8 heteroatoms. The molecule has 0 atom stereocenters. The first-order valence-corrected chi connectivity index (χ1v) is 9.67. The molecule has 2 aromatic carbocycles. The van der Waals surface area contributed by atoms with Crippen LogP contribution >= 0.6 is 11.3 Å². The second kappa shape index (κ2) is 9.61. The van der Waals surface area contributed by atoms with Crippen molar-refractivity contribution >= 4 is 28.4 Å². The third-order valence-corrected chi connectivity index (χ3v) is 4.76. The van der Waals surface area contributed by atoms with Crippen molar-refractivity contribution < 1.29 is 14.4 Å². The summed E-state index contributed by atoms with van der Waals surface area (Å²) >= 11 is 1.40. The second-order valence-electron chi connectivity index (χ2n) is 5.81. The van der Waals surface area contributed by atoms with Crippen molar-refractivity contribution in [2.24, 2.45) is 4.99 Å². The molecule has 0 amide bonds. The van der Waals surface area contributed by atoms with Gasteiger partial charge in [0.2, 0.25) is 5.13 Å². The lowest BCUT2D eigenvalue weighted by Crippen LogP contribution is -1.99. The molecule has 0 aliphatic heterocycles. The minimum absolute atomic E-state index is 0.0575. The van der Waals surface area contributed by atoms with E-state index in [-0.39, 0.29) is 5.69 Å². The molecule has 0 fully saturated rings. The number of non-ortho nitro benzene ring substituents is 1. The van der Waals surface area contributed by atoms with Crippen LogP contribution in [0.15, 0.2) is 66.3 Å². The number of hydrogen-bond acceptors (Lipinski definition) is 7. The van der Waals surface area contributed by atoms with E-state index in [0.29, 0.717) is 29.8 Å². The molecule has 0 radical (unpaired) electrons. The van der Waals surface area contributed by atoms with Gasteiger partial charge in [0.1, 0.15) is 6.61 Å². The monoisotopic (exact) mass is 409 g/mol. The molecule has 0 aliphatic rings. The zero-order valence-electron chi connectivity index (χ0n) is 15.8. The number of ether oxygens (including phenoxy) is 2. The molecule has 0 aliphatic carbocycles. The van der Waals surface area contributed by atoms with Gasteiger partial charge in [0.15, 0.2) is 11.5 Å². The van der Waals surface area contributed by atoms with E-state index in [4.69, 9.17) is 9.47 Å². The van der Waals surface area contributed by atoms with Gasteiger partial charge in [-0.3, -0.25) is 10.1 Å². The SMILES string of the molecule is C=CCOc1ccc(/C=N/c2ncc(-c3ccc([N+](=O)[O-])cc3)s2)cc1OCC. The van der Waals surface area contributed by atoms with Gasteiger partial charge < -0.3 is 9.47 Å². The quantitative estimate of drug-likeness (QED) is 0.203. The molecule has 0 saturated carbocycles. The van der Waals surface area contributed by atoms with E-state index in [1.54, 1.807) is 30.6 Å². The average Bonchev–Trinajstić information content (AvgIpc) is 3.21. The van der Waals surface area contributed by atoms with Gasteiger partial charge in [-0.15, -0.1) is 0 Å². The summed E-state index contributed by atoms with van der Waals surface area (Å²) in [6.45, 7) is 6.48. The van der Waals surface area contributed by atoms with Crippen LogP contribution in [0.1, 0.15) is 12.5 Å². The summed E-state index contributed by atoms with van der Waals surface area (Å²) in [6, 6.07) is 11.9. The van der Waals surface area contributed by atoms with Crippen molar-refractivity contribution in [2.75, 3.05) is 13.2 Å². The number of nitro groups is 1. The van der Waals surface area contributed by atoms with Crippen molar-refractivity contribution in [2.45, 2.75) is 6.92 Å². The van der Waals surface area contributed by atoms with E-state index in [9.17, 15) is 10.1 Å². The Balaban J connectivity index is 1.75. The molecule has 0 N–H and O–H groups in total. The molecular weight excluding hydrogens is 390 g/mol. The summed E-state index contributed by atoms with van der Waals surface area (Å²) in [7, 11) is 0. The van der Waals surface area contributed by atoms with Crippen LogP contribution in [-0.4, -0.2) is 29.3 Å². The lowest BCUT2D eigenvalue weighted by atomic mass is 10.2. The Morgan fingerprint density at radius 1 is 1.21 bits per heavy atom.